The molecule has 0 aliphatic heterocycles. The Hall–Kier alpha value is -0.470. The molecule has 0 aromatic heterocycles. The van der Waals surface area contributed by atoms with Gasteiger partial charge in [-0.1, -0.05) is 38.0 Å². The van der Waals surface area contributed by atoms with Crippen molar-refractivity contribution in [3.63, 3.8) is 0 Å². The second kappa shape index (κ2) is 6.97. The lowest BCUT2D eigenvalue weighted by Gasteiger charge is -2.21. The minimum Gasteiger partial charge on any atom is -0.329 e. The summed E-state index contributed by atoms with van der Waals surface area (Å²) in [5.74, 6) is 0.695. The lowest BCUT2D eigenvalue weighted by Crippen LogP contribution is -2.24. The summed E-state index contributed by atoms with van der Waals surface area (Å²) in [6.07, 6.45) is 2.51. The van der Waals surface area contributed by atoms with E-state index < -0.39 is 0 Å². The molecule has 16 heavy (non-hydrogen) atoms. The van der Waals surface area contributed by atoms with Crippen LogP contribution in [0.15, 0.2) is 29.2 Å². The number of benzene rings is 1. The first-order valence-electron chi connectivity index (χ1n) is 6.10. The number of nitrogens with two attached hydrogens (primary N) is 1. The van der Waals surface area contributed by atoms with E-state index in [0.29, 0.717) is 11.2 Å². The van der Waals surface area contributed by atoms with Gasteiger partial charge in [-0.3, -0.25) is 0 Å². The molecule has 0 aliphatic carbocycles. The third-order valence-electron chi connectivity index (χ3n) is 2.89. The standard InChI is InChI=1S/C14H23NS/c1-4-6-12(3)14(10-15)16-13-8-5-7-11(2)9-13/h5,7-9,12,14H,4,6,10,15H2,1-3H3. The molecule has 2 heteroatoms. The highest BCUT2D eigenvalue weighted by molar-refractivity contribution is 8.00. The van der Waals surface area contributed by atoms with E-state index in [4.69, 9.17) is 5.73 Å². The van der Waals surface area contributed by atoms with Crippen LogP contribution in [0.1, 0.15) is 32.3 Å². The molecule has 0 aliphatic rings. The van der Waals surface area contributed by atoms with Gasteiger partial charge < -0.3 is 5.73 Å². The van der Waals surface area contributed by atoms with Crippen molar-refractivity contribution in [2.45, 2.75) is 43.8 Å². The molecule has 0 fully saturated rings. The van der Waals surface area contributed by atoms with Crippen LogP contribution in [0.4, 0.5) is 0 Å². The van der Waals surface area contributed by atoms with Gasteiger partial charge >= 0.3 is 0 Å². The Morgan fingerprint density at radius 1 is 1.38 bits per heavy atom. The Morgan fingerprint density at radius 2 is 2.12 bits per heavy atom. The maximum absolute atomic E-state index is 5.87. The fraction of sp³-hybridized carbons (Fsp3) is 0.571. The summed E-state index contributed by atoms with van der Waals surface area (Å²) >= 11 is 1.93. The quantitative estimate of drug-likeness (QED) is 0.761. The van der Waals surface area contributed by atoms with Crippen LogP contribution in [0.25, 0.3) is 0 Å². The van der Waals surface area contributed by atoms with Crippen molar-refractivity contribution >= 4 is 11.8 Å². The number of hydrogen-bond donors (Lipinski definition) is 1. The fourth-order valence-corrected chi connectivity index (χ4v) is 3.13. The van der Waals surface area contributed by atoms with Gasteiger partial charge in [-0.05, 0) is 31.4 Å². The second-order valence-corrected chi connectivity index (χ2v) is 5.79. The Balaban J connectivity index is 2.62. The lowest BCUT2D eigenvalue weighted by molar-refractivity contribution is 0.505. The molecule has 2 atom stereocenters. The van der Waals surface area contributed by atoms with Crippen molar-refractivity contribution in [2.24, 2.45) is 11.7 Å². The summed E-state index contributed by atoms with van der Waals surface area (Å²) in [6, 6.07) is 8.68. The molecule has 0 saturated heterocycles. The summed E-state index contributed by atoms with van der Waals surface area (Å²) in [7, 11) is 0. The van der Waals surface area contributed by atoms with Crippen molar-refractivity contribution in [3.8, 4) is 0 Å². The summed E-state index contributed by atoms with van der Waals surface area (Å²) < 4.78 is 0. The molecule has 2 N–H and O–H groups in total. The van der Waals surface area contributed by atoms with E-state index in [0.717, 1.165) is 6.54 Å². The molecular weight excluding hydrogens is 214 g/mol. The van der Waals surface area contributed by atoms with Crippen LogP contribution in [0.3, 0.4) is 0 Å². The lowest BCUT2D eigenvalue weighted by atomic mass is 10.0. The molecule has 1 aromatic rings. The van der Waals surface area contributed by atoms with Gasteiger partial charge in [-0.25, -0.2) is 0 Å². The van der Waals surface area contributed by atoms with Gasteiger partial charge in [-0.15, -0.1) is 11.8 Å². The molecule has 0 saturated carbocycles. The summed E-state index contributed by atoms with van der Waals surface area (Å²) in [5, 5.41) is 0.543. The molecule has 2 unspecified atom stereocenters. The zero-order chi connectivity index (χ0) is 12.0. The monoisotopic (exact) mass is 237 g/mol. The zero-order valence-electron chi connectivity index (χ0n) is 10.6. The van der Waals surface area contributed by atoms with E-state index in [1.54, 1.807) is 0 Å². The van der Waals surface area contributed by atoms with Crippen molar-refractivity contribution in [3.05, 3.63) is 29.8 Å². The van der Waals surface area contributed by atoms with Gasteiger partial charge in [0.15, 0.2) is 0 Å². The minimum atomic E-state index is 0.543. The van der Waals surface area contributed by atoms with E-state index in [1.165, 1.54) is 23.3 Å². The van der Waals surface area contributed by atoms with Crippen LogP contribution < -0.4 is 5.73 Å². The predicted molar refractivity (Wildman–Crippen MR) is 74.0 cm³/mol. The highest BCUT2D eigenvalue weighted by Crippen LogP contribution is 2.29. The summed E-state index contributed by atoms with van der Waals surface area (Å²) in [6.45, 7) is 7.45. The van der Waals surface area contributed by atoms with Crippen molar-refractivity contribution in [2.75, 3.05) is 6.54 Å². The summed E-state index contributed by atoms with van der Waals surface area (Å²) in [4.78, 5) is 1.35. The molecule has 0 radical (unpaired) electrons. The topological polar surface area (TPSA) is 26.0 Å². The Morgan fingerprint density at radius 3 is 2.69 bits per heavy atom. The maximum atomic E-state index is 5.87. The van der Waals surface area contributed by atoms with Crippen molar-refractivity contribution in [1.82, 2.24) is 0 Å². The number of thioether (sulfide) groups is 1. The third-order valence-corrected chi connectivity index (χ3v) is 4.37. The van der Waals surface area contributed by atoms with E-state index in [9.17, 15) is 0 Å². The van der Waals surface area contributed by atoms with Gasteiger partial charge in [0.05, 0.1) is 0 Å². The Bertz CT molecular complexity index is 311. The van der Waals surface area contributed by atoms with E-state index in [-0.39, 0.29) is 0 Å². The Kier molecular flexibility index (Phi) is 5.93. The molecule has 0 bridgehead atoms. The molecule has 0 heterocycles. The number of rotatable bonds is 6. The number of aryl methyl sites for hydroxylation is 1. The predicted octanol–water partition coefficient (Wildman–Crippen LogP) is 3.85. The first-order valence-corrected chi connectivity index (χ1v) is 6.98. The van der Waals surface area contributed by atoms with Gasteiger partial charge in [0, 0.05) is 16.7 Å². The first kappa shape index (κ1) is 13.6. The highest BCUT2D eigenvalue weighted by atomic mass is 32.2. The van der Waals surface area contributed by atoms with Crippen molar-refractivity contribution in [1.29, 1.82) is 0 Å². The first-order chi connectivity index (χ1) is 7.67. The van der Waals surface area contributed by atoms with Crippen molar-refractivity contribution < 1.29 is 0 Å². The Labute approximate surface area is 104 Å². The van der Waals surface area contributed by atoms with E-state index >= 15 is 0 Å². The van der Waals surface area contributed by atoms with Crippen LogP contribution in [0.2, 0.25) is 0 Å². The third kappa shape index (κ3) is 4.18. The average molecular weight is 237 g/mol. The molecule has 1 rings (SSSR count). The molecule has 0 spiro atoms. The molecule has 1 aromatic carbocycles. The van der Waals surface area contributed by atoms with Crippen LogP contribution in [0.5, 0.6) is 0 Å². The largest absolute Gasteiger partial charge is 0.329 e. The summed E-state index contributed by atoms with van der Waals surface area (Å²) in [5.41, 5.74) is 7.19. The normalized spacial score (nSPS) is 14.8. The van der Waals surface area contributed by atoms with Gasteiger partial charge in [0.2, 0.25) is 0 Å². The highest BCUT2D eigenvalue weighted by Gasteiger charge is 2.16. The number of hydrogen-bond acceptors (Lipinski definition) is 2. The maximum Gasteiger partial charge on any atom is 0.0243 e. The molecule has 1 nitrogen and oxygen atoms in total. The average Bonchev–Trinajstić information content (AvgIpc) is 2.26. The second-order valence-electron chi connectivity index (χ2n) is 4.47. The SMILES string of the molecule is CCCC(C)C(CN)Sc1cccc(C)c1. The molecular formula is C14H23NS. The zero-order valence-corrected chi connectivity index (χ0v) is 11.4. The van der Waals surface area contributed by atoms with Gasteiger partial charge in [-0.2, -0.15) is 0 Å². The molecule has 90 valence electrons. The van der Waals surface area contributed by atoms with Crippen LogP contribution in [-0.2, 0) is 0 Å². The van der Waals surface area contributed by atoms with Gasteiger partial charge in [0.25, 0.3) is 0 Å². The fourth-order valence-electron chi connectivity index (χ4n) is 1.90. The van der Waals surface area contributed by atoms with Gasteiger partial charge in [0.1, 0.15) is 0 Å². The molecule has 0 amide bonds. The van der Waals surface area contributed by atoms with E-state index in [2.05, 4.69) is 45.0 Å². The van der Waals surface area contributed by atoms with Crippen LogP contribution >= 0.6 is 11.8 Å². The van der Waals surface area contributed by atoms with Crippen LogP contribution in [-0.4, -0.2) is 11.8 Å². The van der Waals surface area contributed by atoms with Crippen LogP contribution in [0, 0.1) is 12.8 Å². The van der Waals surface area contributed by atoms with E-state index in [1.807, 2.05) is 11.8 Å². The smallest absolute Gasteiger partial charge is 0.0243 e. The minimum absolute atomic E-state index is 0.543.